The fraction of sp³-hybridized carbons (Fsp3) is 0.522. The van der Waals surface area contributed by atoms with Gasteiger partial charge in [0.2, 0.25) is 5.91 Å². The molecule has 1 aromatic rings. The Bertz CT molecular complexity index is 787. The van der Waals surface area contributed by atoms with E-state index in [1.807, 2.05) is 24.3 Å². The van der Waals surface area contributed by atoms with Crippen LogP contribution in [0.15, 0.2) is 24.3 Å². The Morgan fingerprint density at radius 1 is 1.13 bits per heavy atom. The third kappa shape index (κ3) is 13.0. The van der Waals surface area contributed by atoms with Crippen molar-refractivity contribution in [3.8, 4) is 11.8 Å². The van der Waals surface area contributed by atoms with E-state index < -0.39 is 23.6 Å². The van der Waals surface area contributed by atoms with E-state index in [4.69, 9.17) is 15.2 Å². The summed E-state index contributed by atoms with van der Waals surface area (Å²) in [5.74, 6) is 5.19. The Morgan fingerprint density at radius 2 is 1.81 bits per heavy atom. The monoisotopic (exact) mass is 432 g/mol. The number of carbonyl (C=O) groups is 3. The van der Waals surface area contributed by atoms with Crippen LogP contribution in [-0.4, -0.2) is 43.3 Å². The van der Waals surface area contributed by atoms with Gasteiger partial charge in [0.25, 0.3) is 0 Å². The maximum atomic E-state index is 12.0. The minimum atomic E-state index is -0.622. The van der Waals surface area contributed by atoms with Gasteiger partial charge in [0, 0.05) is 18.4 Å². The average Bonchev–Trinajstić information content (AvgIpc) is 2.68. The largest absolute Gasteiger partial charge is 0.469 e. The minimum Gasteiger partial charge on any atom is -0.469 e. The van der Waals surface area contributed by atoms with Crippen LogP contribution in [0.4, 0.5) is 4.79 Å². The maximum absolute atomic E-state index is 12.0. The lowest BCUT2D eigenvalue weighted by atomic mass is 10.1. The molecule has 1 rings (SSSR count). The SMILES string of the molecule is COC(=O)CCC#Cc1ccc(COCC(CCC(N)=O)NC(=O)OC(C)(C)C)cc1. The van der Waals surface area contributed by atoms with Crippen LogP contribution in [0.2, 0.25) is 0 Å². The van der Waals surface area contributed by atoms with Crippen molar-refractivity contribution >= 4 is 18.0 Å². The number of hydrogen-bond donors (Lipinski definition) is 2. The second kappa shape index (κ2) is 13.3. The zero-order chi connectivity index (χ0) is 23.3. The molecule has 0 spiro atoms. The predicted octanol–water partition coefficient (Wildman–Crippen LogP) is 2.67. The number of rotatable bonds is 10. The number of carbonyl (C=O) groups excluding carboxylic acids is 3. The first kappa shape index (κ1) is 26.0. The molecular weight excluding hydrogens is 400 g/mol. The molecule has 0 heterocycles. The molecule has 8 nitrogen and oxygen atoms in total. The number of nitrogens with two attached hydrogens (primary N) is 1. The summed E-state index contributed by atoms with van der Waals surface area (Å²) in [5, 5.41) is 2.72. The molecule has 1 aromatic carbocycles. The number of esters is 1. The van der Waals surface area contributed by atoms with Crippen molar-refractivity contribution in [1.29, 1.82) is 0 Å². The summed E-state index contributed by atoms with van der Waals surface area (Å²) in [6.07, 6.45) is 0.626. The second-order valence-electron chi connectivity index (χ2n) is 7.94. The molecule has 0 radical (unpaired) electrons. The lowest BCUT2D eigenvalue weighted by Gasteiger charge is -2.23. The van der Waals surface area contributed by atoms with Crippen molar-refractivity contribution in [1.82, 2.24) is 5.32 Å². The van der Waals surface area contributed by atoms with E-state index in [0.717, 1.165) is 11.1 Å². The molecule has 1 unspecified atom stereocenters. The number of benzene rings is 1. The third-order valence-electron chi connectivity index (χ3n) is 3.92. The number of nitrogens with one attached hydrogen (secondary N) is 1. The Kier molecular flexibility index (Phi) is 11.1. The highest BCUT2D eigenvalue weighted by molar-refractivity contribution is 5.74. The molecule has 0 aliphatic heterocycles. The standard InChI is InChI=1S/C23H32N2O6/c1-23(2,3)31-22(28)25-19(13-14-20(24)26)16-30-15-18-11-9-17(10-12-18)7-5-6-8-21(27)29-4/h9-12,19H,6,8,13-16H2,1-4H3,(H2,24,26)(H,25,28). The number of primary amides is 1. The normalized spacial score (nSPS) is 11.6. The number of methoxy groups -OCH3 is 1. The molecule has 0 bridgehead atoms. The van der Waals surface area contributed by atoms with E-state index in [1.165, 1.54) is 7.11 Å². The topological polar surface area (TPSA) is 117 Å². The molecule has 1 atom stereocenters. The zero-order valence-corrected chi connectivity index (χ0v) is 18.7. The predicted molar refractivity (Wildman–Crippen MR) is 116 cm³/mol. The highest BCUT2D eigenvalue weighted by Crippen LogP contribution is 2.09. The van der Waals surface area contributed by atoms with Gasteiger partial charge in [-0.25, -0.2) is 4.79 Å². The Hall–Kier alpha value is -3.05. The van der Waals surface area contributed by atoms with Crippen LogP contribution in [0.25, 0.3) is 0 Å². The van der Waals surface area contributed by atoms with Gasteiger partial charge in [-0.2, -0.15) is 0 Å². The lowest BCUT2D eigenvalue weighted by molar-refractivity contribution is -0.140. The summed E-state index contributed by atoms with van der Waals surface area (Å²) >= 11 is 0. The molecule has 0 saturated carbocycles. The summed E-state index contributed by atoms with van der Waals surface area (Å²) in [6, 6.07) is 7.12. The van der Waals surface area contributed by atoms with Crippen LogP contribution in [-0.2, 0) is 30.4 Å². The van der Waals surface area contributed by atoms with E-state index in [9.17, 15) is 14.4 Å². The molecular formula is C23H32N2O6. The quantitative estimate of drug-likeness (QED) is 0.434. The van der Waals surface area contributed by atoms with Gasteiger partial charge in [-0.05, 0) is 44.9 Å². The van der Waals surface area contributed by atoms with E-state index in [0.29, 0.717) is 19.4 Å². The van der Waals surface area contributed by atoms with Crippen LogP contribution in [0.3, 0.4) is 0 Å². The number of hydrogen-bond acceptors (Lipinski definition) is 6. The van der Waals surface area contributed by atoms with Gasteiger partial charge in [0.05, 0.1) is 32.8 Å². The van der Waals surface area contributed by atoms with Crippen molar-refractivity contribution < 1.29 is 28.6 Å². The van der Waals surface area contributed by atoms with Crippen LogP contribution in [0.1, 0.15) is 57.6 Å². The van der Waals surface area contributed by atoms with Crippen molar-refractivity contribution in [2.75, 3.05) is 13.7 Å². The fourth-order valence-corrected chi connectivity index (χ4v) is 2.42. The molecule has 0 saturated heterocycles. The summed E-state index contributed by atoms with van der Waals surface area (Å²) in [5.41, 5.74) is 6.36. The summed E-state index contributed by atoms with van der Waals surface area (Å²) in [4.78, 5) is 34.1. The molecule has 3 N–H and O–H groups in total. The second-order valence-corrected chi connectivity index (χ2v) is 7.94. The molecule has 0 fully saturated rings. The van der Waals surface area contributed by atoms with Crippen molar-refractivity contribution in [3.63, 3.8) is 0 Å². The van der Waals surface area contributed by atoms with Crippen LogP contribution >= 0.6 is 0 Å². The lowest BCUT2D eigenvalue weighted by Crippen LogP contribution is -2.42. The van der Waals surface area contributed by atoms with E-state index in [-0.39, 0.29) is 25.4 Å². The van der Waals surface area contributed by atoms with Crippen molar-refractivity contribution in [3.05, 3.63) is 35.4 Å². The third-order valence-corrected chi connectivity index (χ3v) is 3.92. The highest BCUT2D eigenvalue weighted by Gasteiger charge is 2.20. The number of alkyl carbamates (subject to hydrolysis) is 1. The van der Waals surface area contributed by atoms with Gasteiger partial charge in [0.15, 0.2) is 0 Å². The molecule has 0 aromatic heterocycles. The molecule has 8 heteroatoms. The van der Waals surface area contributed by atoms with Crippen LogP contribution in [0, 0.1) is 11.8 Å². The number of ether oxygens (including phenoxy) is 3. The zero-order valence-electron chi connectivity index (χ0n) is 18.7. The molecule has 0 aliphatic rings. The maximum Gasteiger partial charge on any atom is 0.407 e. The van der Waals surface area contributed by atoms with Gasteiger partial charge in [-0.1, -0.05) is 24.0 Å². The highest BCUT2D eigenvalue weighted by atomic mass is 16.6. The summed E-state index contributed by atoms with van der Waals surface area (Å²) in [6.45, 7) is 5.86. The first-order valence-electron chi connectivity index (χ1n) is 10.1. The minimum absolute atomic E-state index is 0.132. The molecule has 31 heavy (non-hydrogen) atoms. The Balaban J connectivity index is 2.52. The van der Waals surface area contributed by atoms with E-state index >= 15 is 0 Å². The average molecular weight is 433 g/mol. The van der Waals surface area contributed by atoms with E-state index in [2.05, 4.69) is 21.9 Å². The Morgan fingerprint density at radius 3 is 2.39 bits per heavy atom. The van der Waals surface area contributed by atoms with E-state index in [1.54, 1.807) is 20.8 Å². The van der Waals surface area contributed by atoms with Crippen LogP contribution < -0.4 is 11.1 Å². The van der Waals surface area contributed by atoms with Gasteiger partial charge >= 0.3 is 12.1 Å². The first-order chi connectivity index (χ1) is 14.6. The summed E-state index contributed by atoms with van der Waals surface area (Å²) < 4.78 is 15.5. The van der Waals surface area contributed by atoms with Gasteiger partial charge in [-0.3, -0.25) is 9.59 Å². The first-order valence-corrected chi connectivity index (χ1v) is 10.1. The summed E-state index contributed by atoms with van der Waals surface area (Å²) in [7, 11) is 1.35. The number of amides is 2. The molecule has 2 amide bonds. The smallest absolute Gasteiger partial charge is 0.407 e. The van der Waals surface area contributed by atoms with Crippen molar-refractivity contribution in [2.45, 2.75) is 64.7 Å². The fourth-order valence-electron chi connectivity index (χ4n) is 2.42. The van der Waals surface area contributed by atoms with Gasteiger partial charge < -0.3 is 25.3 Å². The molecule has 0 aliphatic carbocycles. The Labute approximate surface area is 183 Å². The van der Waals surface area contributed by atoms with Gasteiger partial charge in [0.1, 0.15) is 5.60 Å². The van der Waals surface area contributed by atoms with Crippen LogP contribution in [0.5, 0.6) is 0 Å². The van der Waals surface area contributed by atoms with Crippen molar-refractivity contribution in [2.24, 2.45) is 5.73 Å². The molecule has 170 valence electrons. The van der Waals surface area contributed by atoms with Gasteiger partial charge in [-0.15, -0.1) is 0 Å².